The first kappa shape index (κ1) is 25.1. The third kappa shape index (κ3) is 6.98. The molecule has 0 aromatic heterocycles. The second-order valence-corrected chi connectivity index (χ2v) is 8.44. The molecular formula is C28H30F2N2O2. The molecule has 0 bridgehead atoms. The monoisotopic (exact) mass is 464 g/mol. The molecule has 178 valence electrons. The van der Waals surface area contributed by atoms with Gasteiger partial charge in [-0.25, -0.2) is 8.78 Å². The highest BCUT2D eigenvalue weighted by molar-refractivity contribution is 5.89. The predicted octanol–water partition coefficient (Wildman–Crippen LogP) is 5.06. The summed E-state index contributed by atoms with van der Waals surface area (Å²) in [7, 11) is 0. The number of halogens is 2. The molecule has 1 N–H and O–H groups in total. The summed E-state index contributed by atoms with van der Waals surface area (Å²) in [6, 6.07) is 20.4. The highest BCUT2D eigenvalue weighted by Crippen LogP contribution is 2.18. The summed E-state index contributed by atoms with van der Waals surface area (Å²) in [6.45, 7) is 3.81. The van der Waals surface area contributed by atoms with E-state index in [4.69, 9.17) is 0 Å². The van der Waals surface area contributed by atoms with Gasteiger partial charge in [0.2, 0.25) is 11.8 Å². The molecule has 0 aliphatic carbocycles. The zero-order chi connectivity index (χ0) is 24.5. The number of hydrogen-bond donors (Lipinski definition) is 1. The van der Waals surface area contributed by atoms with Gasteiger partial charge in [-0.15, -0.1) is 0 Å². The van der Waals surface area contributed by atoms with Crippen LogP contribution in [0, 0.1) is 11.6 Å². The van der Waals surface area contributed by atoms with Crippen molar-refractivity contribution in [2.75, 3.05) is 0 Å². The van der Waals surface area contributed by atoms with Gasteiger partial charge in [0.25, 0.3) is 0 Å². The molecule has 3 rings (SSSR count). The maximum Gasteiger partial charge on any atom is 0.243 e. The largest absolute Gasteiger partial charge is 0.352 e. The SMILES string of the molecule is CC[C@H](C)NC(=O)[C@H](Cc1ccccc1)N(Cc1ccccc1F)C(=O)Cc1ccc(F)cc1. The first-order valence-electron chi connectivity index (χ1n) is 11.5. The van der Waals surface area contributed by atoms with E-state index in [0.29, 0.717) is 11.1 Å². The molecule has 2 atom stereocenters. The summed E-state index contributed by atoms with van der Waals surface area (Å²) >= 11 is 0. The molecule has 0 saturated carbocycles. The minimum absolute atomic E-state index is 0.0311. The van der Waals surface area contributed by atoms with Crippen LogP contribution in [0.15, 0.2) is 78.9 Å². The van der Waals surface area contributed by atoms with Crippen molar-refractivity contribution in [2.24, 2.45) is 0 Å². The van der Waals surface area contributed by atoms with Gasteiger partial charge in [-0.3, -0.25) is 9.59 Å². The Labute approximate surface area is 199 Å². The molecule has 3 aromatic rings. The van der Waals surface area contributed by atoms with Crippen molar-refractivity contribution < 1.29 is 18.4 Å². The fourth-order valence-corrected chi connectivity index (χ4v) is 3.68. The van der Waals surface area contributed by atoms with Crippen LogP contribution < -0.4 is 5.32 Å². The number of nitrogens with zero attached hydrogens (tertiary/aromatic N) is 1. The zero-order valence-corrected chi connectivity index (χ0v) is 19.5. The van der Waals surface area contributed by atoms with Crippen molar-refractivity contribution in [1.82, 2.24) is 10.2 Å². The normalized spacial score (nSPS) is 12.6. The Morgan fingerprint density at radius 3 is 2.18 bits per heavy atom. The molecule has 0 aliphatic rings. The van der Waals surface area contributed by atoms with E-state index in [-0.39, 0.29) is 37.2 Å². The highest BCUT2D eigenvalue weighted by Gasteiger charge is 2.31. The third-order valence-electron chi connectivity index (χ3n) is 5.84. The lowest BCUT2D eigenvalue weighted by Gasteiger charge is -2.32. The molecule has 0 spiro atoms. The minimum Gasteiger partial charge on any atom is -0.352 e. The van der Waals surface area contributed by atoms with Crippen molar-refractivity contribution >= 4 is 11.8 Å². The Morgan fingerprint density at radius 2 is 1.53 bits per heavy atom. The number of rotatable bonds is 10. The van der Waals surface area contributed by atoms with E-state index in [1.54, 1.807) is 30.3 Å². The summed E-state index contributed by atoms with van der Waals surface area (Å²) in [5.74, 6) is -1.46. The Kier molecular flexibility index (Phi) is 8.91. The van der Waals surface area contributed by atoms with Gasteiger partial charge in [0.15, 0.2) is 0 Å². The smallest absolute Gasteiger partial charge is 0.243 e. The van der Waals surface area contributed by atoms with Gasteiger partial charge in [0, 0.05) is 24.6 Å². The van der Waals surface area contributed by atoms with Crippen LogP contribution in [-0.2, 0) is 29.0 Å². The quantitative estimate of drug-likeness (QED) is 0.456. The number of benzene rings is 3. The fraction of sp³-hybridized carbons (Fsp3) is 0.286. The van der Waals surface area contributed by atoms with E-state index in [1.165, 1.54) is 23.1 Å². The topological polar surface area (TPSA) is 49.4 Å². The molecule has 6 heteroatoms. The van der Waals surface area contributed by atoms with Crippen LogP contribution in [0.5, 0.6) is 0 Å². The van der Waals surface area contributed by atoms with Gasteiger partial charge >= 0.3 is 0 Å². The fourth-order valence-electron chi connectivity index (χ4n) is 3.68. The molecule has 34 heavy (non-hydrogen) atoms. The van der Waals surface area contributed by atoms with Crippen molar-refractivity contribution in [3.63, 3.8) is 0 Å². The Morgan fingerprint density at radius 1 is 0.882 bits per heavy atom. The first-order valence-corrected chi connectivity index (χ1v) is 11.5. The van der Waals surface area contributed by atoms with Crippen molar-refractivity contribution in [3.8, 4) is 0 Å². The maximum atomic E-state index is 14.6. The van der Waals surface area contributed by atoms with Crippen molar-refractivity contribution in [2.45, 2.75) is 51.7 Å². The van der Waals surface area contributed by atoms with Crippen LogP contribution in [0.4, 0.5) is 8.78 Å². The molecular weight excluding hydrogens is 434 g/mol. The summed E-state index contributed by atoms with van der Waals surface area (Å²) in [4.78, 5) is 28.4. The molecule has 4 nitrogen and oxygen atoms in total. The Balaban J connectivity index is 1.97. The summed E-state index contributed by atoms with van der Waals surface area (Å²) < 4.78 is 27.9. The highest BCUT2D eigenvalue weighted by atomic mass is 19.1. The number of amides is 2. The van der Waals surface area contributed by atoms with E-state index >= 15 is 0 Å². The second kappa shape index (κ2) is 12.1. The second-order valence-electron chi connectivity index (χ2n) is 8.44. The van der Waals surface area contributed by atoms with E-state index < -0.39 is 17.7 Å². The molecule has 2 amide bonds. The molecule has 3 aromatic carbocycles. The van der Waals surface area contributed by atoms with E-state index in [1.807, 2.05) is 44.2 Å². The van der Waals surface area contributed by atoms with Crippen LogP contribution in [0.2, 0.25) is 0 Å². The Bertz CT molecular complexity index is 1090. The number of carbonyl (C=O) groups excluding carboxylic acids is 2. The molecule has 0 unspecified atom stereocenters. The number of carbonyl (C=O) groups is 2. The van der Waals surface area contributed by atoms with Crippen molar-refractivity contribution in [1.29, 1.82) is 0 Å². The molecule has 0 radical (unpaired) electrons. The minimum atomic E-state index is -0.844. The first-order chi connectivity index (χ1) is 16.4. The van der Waals surface area contributed by atoms with Gasteiger partial charge < -0.3 is 10.2 Å². The number of hydrogen-bond acceptors (Lipinski definition) is 2. The summed E-state index contributed by atoms with van der Waals surface area (Å²) in [5.41, 5.74) is 1.83. The van der Waals surface area contributed by atoms with Gasteiger partial charge in [-0.05, 0) is 42.7 Å². The van der Waals surface area contributed by atoms with Crippen molar-refractivity contribution in [3.05, 3.63) is 107 Å². The van der Waals surface area contributed by atoms with Crippen LogP contribution in [-0.4, -0.2) is 28.8 Å². The molecule has 0 heterocycles. The molecule has 0 aliphatic heterocycles. The average Bonchev–Trinajstić information content (AvgIpc) is 2.84. The third-order valence-corrected chi connectivity index (χ3v) is 5.84. The van der Waals surface area contributed by atoms with Crippen LogP contribution in [0.25, 0.3) is 0 Å². The van der Waals surface area contributed by atoms with Gasteiger partial charge in [0.05, 0.1) is 6.42 Å². The molecule has 0 fully saturated rings. The zero-order valence-electron chi connectivity index (χ0n) is 19.5. The predicted molar refractivity (Wildman–Crippen MR) is 129 cm³/mol. The van der Waals surface area contributed by atoms with Crippen LogP contribution in [0.1, 0.15) is 37.0 Å². The lowest BCUT2D eigenvalue weighted by molar-refractivity contribution is -0.141. The Hall–Kier alpha value is -3.54. The summed E-state index contributed by atoms with van der Waals surface area (Å²) in [5, 5.41) is 2.98. The lowest BCUT2D eigenvalue weighted by atomic mass is 10.0. The van der Waals surface area contributed by atoms with Gasteiger partial charge in [0.1, 0.15) is 17.7 Å². The van der Waals surface area contributed by atoms with Gasteiger partial charge in [-0.1, -0.05) is 67.6 Å². The van der Waals surface area contributed by atoms with Crippen LogP contribution >= 0.6 is 0 Å². The average molecular weight is 465 g/mol. The molecule has 0 saturated heterocycles. The van der Waals surface area contributed by atoms with E-state index in [2.05, 4.69) is 5.32 Å². The van der Waals surface area contributed by atoms with E-state index in [9.17, 15) is 18.4 Å². The van der Waals surface area contributed by atoms with Crippen LogP contribution in [0.3, 0.4) is 0 Å². The van der Waals surface area contributed by atoms with E-state index in [0.717, 1.165) is 12.0 Å². The number of nitrogens with one attached hydrogen (secondary N) is 1. The maximum absolute atomic E-state index is 14.6. The lowest BCUT2D eigenvalue weighted by Crippen LogP contribution is -2.52. The summed E-state index contributed by atoms with van der Waals surface area (Å²) in [6.07, 6.45) is 0.990. The van der Waals surface area contributed by atoms with Gasteiger partial charge in [-0.2, -0.15) is 0 Å². The standard InChI is InChI=1S/C28H30F2N2O2/c1-3-20(2)31-28(34)26(17-21-9-5-4-6-10-21)32(19-23-11-7-8-12-25(23)30)27(33)18-22-13-15-24(29)16-14-22/h4-16,20,26H,3,17-19H2,1-2H3,(H,31,34)/t20-,26-/m0/s1.